The number of carbonyl (C=O) groups excluding carboxylic acids is 1. The molecule has 7 nitrogen and oxygen atoms in total. The van der Waals surface area contributed by atoms with Gasteiger partial charge in [-0.2, -0.15) is 0 Å². The van der Waals surface area contributed by atoms with Crippen LogP contribution < -0.4 is 15.8 Å². The van der Waals surface area contributed by atoms with Crippen LogP contribution in [0.2, 0.25) is 5.02 Å². The van der Waals surface area contributed by atoms with E-state index in [1.807, 2.05) is 0 Å². The molecule has 0 bridgehead atoms. The molecule has 9 heteroatoms. The van der Waals surface area contributed by atoms with Gasteiger partial charge >= 0.3 is 6.09 Å². The van der Waals surface area contributed by atoms with E-state index in [2.05, 4.69) is 10.0 Å². The molecule has 0 saturated heterocycles. The summed E-state index contributed by atoms with van der Waals surface area (Å²) in [6, 6.07) is 4.18. The third kappa shape index (κ3) is 6.08. The van der Waals surface area contributed by atoms with Crippen LogP contribution in [0.3, 0.4) is 0 Å². The van der Waals surface area contributed by atoms with E-state index in [1.165, 1.54) is 18.2 Å². The van der Waals surface area contributed by atoms with Crippen LogP contribution in [-0.2, 0) is 14.8 Å². The third-order valence-electron chi connectivity index (χ3n) is 2.33. The zero-order valence-corrected chi connectivity index (χ0v) is 14.2. The molecule has 0 atom stereocenters. The smallest absolute Gasteiger partial charge is 0.407 e. The topological polar surface area (TPSA) is 111 Å². The Balaban J connectivity index is 2.54. The van der Waals surface area contributed by atoms with Gasteiger partial charge in [-0.25, -0.2) is 17.9 Å². The Labute approximate surface area is 135 Å². The summed E-state index contributed by atoms with van der Waals surface area (Å²) in [7, 11) is -3.80. The van der Waals surface area contributed by atoms with Gasteiger partial charge in [-0.1, -0.05) is 11.6 Å². The molecule has 0 aliphatic rings. The Hall–Kier alpha value is -1.51. The van der Waals surface area contributed by atoms with Crippen molar-refractivity contribution in [3.63, 3.8) is 0 Å². The Kier molecular flexibility index (Phi) is 6.04. The SMILES string of the molecule is CC(C)(C)OC(=O)NCCNS(=O)(=O)c1cc(N)ccc1Cl. The Bertz CT molecular complexity index is 641. The molecule has 0 heterocycles. The van der Waals surface area contributed by atoms with Crippen molar-refractivity contribution >= 4 is 33.4 Å². The van der Waals surface area contributed by atoms with Crippen LogP contribution in [0.15, 0.2) is 23.1 Å². The first-order valence-corrected chi connectivity index (χ1v) is 8.39. The van der Waals surface area contributed by atoms with Crippen LogP contribution in [0.25, 0.3) is 0 Å². The maximum atomic E-state index is 12.1. The lowest BCUT2D eigenvalue weighted by Gasteiger charge is -2.19. The summed E-state index contributed by atoms with van der Waals surface area (Å²) >= 11 is 5.85. The van der Waals surface area contributed by atoms with Gasteiger partial charge in [0.15, 0.2) is 0 Å². The third-order valence-corrected chi connectivity index (χ3v) is 4.27. The van der Waals surface area contributed by atoms with Crippen molar-refractivity contribution in [2.75, 3.05) is 18.8 Å². The van der Waals surface area contributed by atoms with E-state index in [4.69, 9.17) is 22.1 Å². The fourth-order valence-corrected chi connectivity index (χ4v) is 3.03. The van der Waals surface area contributed by atoms with E-state index in [1.54, 1.807) is 20.8 Å². The number of hydrogen-bond donors (Lipinski definition) is 3. The number of alkyl carbamates (subject to hydrolysis) is 1. The monoisotopic (exact) mass is 349 g/mol. The number of amides is 1. The van der Waals surface area contributed by atoms with Gasteiger partial charge in [0.1, 0.15) is 10.5 Å². The number of carbonyl (C=O) groups is 1. The number of hydrogen-bond acceptors (Lipinski definition) is 5. The minimum Gasteiger partial charge on any atom is -0.444 e. The van der Waals surface area contributed by atoms with Crippen molar-refractivity contribution in [1.29, 1.82) is 0 Å². The Morgan fingerprint density at radius 2 is 1.95 bits per heavy atom. The lowest BCUT2D eigenvalue weighted by molar-refractivity contribution is 0.0529. The molecular formula is C13H20ClN3O4S. The predicted octanol–water partition coefficient (Wildman–Crippen LogP) is 1.73. The van der Waals surface area contributed by atoms with Crippen LogP contribution in [-0.4, -0.2) is 33.2 Å². The number of anilines is 1. The van der Waals surface area contributed by atoms with Crippen molar-refractivity contribution < 1.29 is 17.9 Å². The molecule has 0 aliphatic heterocycles. The lowest BCUT2D eigenvalue weighted by atomic mass is 10.2. The maximum Gasteiger partial charge on any atom is 0.407 e. The van der Waals surface area contributed by atoms with Gasteiger partial charge in [0, 0.05) is 18.8 Å². The quantitative estimate of drug-likeness (QED) is 0.553. The number of nitrogens with one attached hydrogen (secondary N) is 2. The second-order valence-corrected chi connectivity index (χ2v) is 7.66. The molecule has 0 fully saturated rings. The standard InChI is InChI=1S/C13H20ClN3O4S/c1-13(2,3)21-12(18)16-6-7-17-22(19,20)11-8-9(15)4-5-10(11)14/h4-5,8,17H,6-7,15H2,1-3H3,(H,16,18). The highest BCUT2D eigenvalue weighted by atomic mass is 35.5. The molecule has 0 unspecified atom stereocenters. The van der Waals surface area contributed by atoms with Gasteiger partial charge in [-0.3, -0.25) is 0 Å². The van der Waals surface area contributed by atoms with Crippen LogP contribution in [0, 0.1) is 0 Å². The van der Waals surface area contributed by atoms with Gasteiger partial charge < -0.3 is 15.8 Å². The molecule has 0 saturated carbocycles. The molecule has 0 aliphatic carbocycles. The van der Waals surface area contributed by atoms with Crippen LogP contribution >= 0.6 is 11.6 Å². The minimum absolute atomic E-state index is 0.00724. The summed E-state index contributed by atoms with van der Waals surface area (Å²) in [5.41, 5.74) is 5.23. The van der Waals surface area contributed by atoms with Crippen molar-refractivity contribution in [2.45, 2.75) is 31.3 Å². The van der Waals surface area contributed by atoms with Crippen LogP contribution in [0.5, 0.6) is 0 Å². The van der Waals surface area contributed by atoms with Gasteiger partial charge in [0.2, 0.25) is 10.0 Å². The minimum atomic E-state index is -3.80. The number of benzene rings is 1. The molecular weight excluding hydrogens is 330 g/mol. The normalized spacial score (nSPS) is 12.0. The largest absolute Gasteiger partial charge is 0.444 e. The molecule has 22 heavy (non-hydrogen) atoms. The van der Waals surface area contributed by atoms with Crippen molar-refractivity contribution in [3.8, 4) is 0 Å². The van der Waals surface area contributed by atoms with Crippen molar-refractivity contribution in [1.82, 2.24) is 10.0 Å². The fourth-order valence-electron chi connectivity index (χ4n) is 1.47. The predicted molar refractivity (Wildman–Crippen MR) is 85.3 cm³/mol. The number of rotatable bonds is 5. The van der Waals surface area contributed by atoms with Crippen molar-refractivity contribution in [3.05, 3.63) is 23.2 Å². The molecule has 0 radical (unpaired) electrons. The van der Waals surface area contributed by atoms with E-state index in [0.29, 0.717) is 0 Å². The first-order valence-electron chi connectivity index (χ1n) is 6.53. The number of halogens is 1. The van der Waals surface area contributed by atoms with Gasteiger partial charge in [0.05, 0.1) is 5.02 Å². The molecule has 0 aromatic heterocycles. The average molecular weight is 350 g/mol. The maximum absolute atomic E-state index is 12.1. The van der Waals surface area contributed by atoms with Gasteiger partial charge in [-0.15, -0.1) is 0 Å². The van der Waals surface area contributed by atoms with E-state index in [0.717, 1.165) is 0 Å². The Morgan fingerprint density at radius 3 is 2.55 bits per heavy atom. The average Bonchev–Trinajstić information content (AvgIpc) is 2.35. The van der Waals surface area contributed by atoms with E-state index < -0.39 is 21.7 Å². The summed E-state index contributed by atoms with van der Waals surface area (Å²) in [4.78, 5) is 11.3. The molecule has 124 valence electrons. The number of ether oxygens (including phenoxy) is 1. The molecule has 0 spiro atoms. The summed E-state index contributed by atoms with van der Waals surface area (Å²) in [5.74, 6) is 0. The summed E-state index contributed by atoms with van der Waals surface area (Å²) in [6.45, 7) is 5.27. The second kappa shape index (κ2) is 7.17. The molecule has 1 aromatic rings. The van der Waals surface area contributed by atoms with Crippen LogP contribution in [0.1, 0.15) is 20.8 Å². The first kappa shape index (κ1) is 18.5. The highest BCUT2D eigenvalue weighted by Gasteiger charge is 2.19. The fraction of sp³-hybridized carbons (Fsp3) is 0.462. The number of sulfonamides is 1. The van der Waals surface area contributed by atoms with E-state index >= 15 is 0 Å². The summed E-state index contributed by atoms with van der Waals surface area (Å²) < 4.78 is 31.5. The summed E-state index contributed by atoms with van der Waals surface area (Å²) in [6.07, 6.45) is -0.617. The van der Waals surface area contributed by atoms with E-state index in [9.17, 15) is 13.2 Å². The Morgan fingerprint density at radius 1 is 1.32 bits per heavy atom. The van der Waals surface area contributed by atoms with E-state index in [-0.39, 0.29) is 28.7 Å². The first-order chi connectivity index (χ1) is 10.0. The molecule has 1 aromatic carbocycles. The number of nitrogen functional groups attached to an aromatic ring is 1. The van der Waals surface area contributed by atoms with Gasteiger partial charge in [0.25, 0.3) is 0 Å². The van der Waals surface area contributed by atoms with Crippen LogP contribution in [0.4, 0.5) is 10.5 Å². The number of nitrogens with two attached hydrogens (primary N) is 1. The van der Waals surface area contributed by atoms with Crippen molar-refractivity contribution in [2.24, 2.45) is 0 Å². The summed E-state index contributed by atoms with van der Waals surface area (Å²) in [5, 5.41) is 2.51. The molecule has 1 amide bonds. The van der Waals surface area contributed by atoms with Gasteiger partial charge in [-0.05, 0) is 39.0 Å². The molecule has 4 N–H and O–H groups in total. The zero-order chi connectivity index (χ0) is 17.0. The highest BCUT2D eigenvalue weighted by Crippen LogP contribution is 2.23. The highest BCUT2D eigenvalue weighted by molar-refractivity contribution is 7.89. The second-order valence-electron chi connectivity index (χ2n) is 5.52. The zero-order valence-electron chi connectivity index (χ0n) is 12.6. The molecule has 1 rings (SSSR count). The lowest BCUT2D eigenvalue weighted by Crippen LogP contribution is -2.37.